The van der Waals surface area contributed by atoms with E-state index in [2.05, 4.69) is 4.98 Å². The van der Waals surface area contributed by atoms with Crippen molar-refractivity contribution in [2.45, 2.75) is 10.4 Å². The van der Waals surface area contributed by atoms with Crippen molar-refractivity contribution in [1.82, 2.24) is 9.29 Å². The molecule has 0 aliphatic carbocycles. The first kappa shape index (κ1) is 15.5. The van der Waals surface area contributed by atoms with Crippen molar-refractivity contribution in [1.29, 1.82) is 0 Å². The molecule has 1 fully saturated rings. The predicted molar refractivity (Wildman–Crippen MR) is 78.5 cm³/mol. The fourth-order valence-electron chi connectivity index (χ4n) is 1.91. The number of nitrogens with zero attached hydrogens (tertiary/aromatic N) is 2. The SMILES string of the molecule is CS(=O)(=O)C1CSCCN1S(=O)(=O)c1ncccc1N. The van der Waals surface area contributed by atoms with E-state index < -0.39 is 25.2 Å². The molecule has 20 heavy (non-hydrogen) atoms. The van der Waals surface area contributed by atoms with E-state index in [9.17, 15) is 16.8 Å². The van der Waals surface area contributed by atoms with Crippen LogP contribution in [0.15, 0.2) is 23.4 Å². The van der Waals surface area contributed by atoms with Gasteiger partial charge in [0.25, 0.3) is 10.0 Å². The van der Waals surface area contributed by atoms with E-state index in [1.54, 1.807) is 0 Å². The second-order valence-corrected chi connectivity index (χ2v) is 9.53. The Hall–Kier alpha value is -0.840. The van der Waals surface area contributed by atoms with Gasteiger partial charge in [-0.05, 0) is 12.1 Å². The summed E-state index contributed by atoms with van der Waals surface area (Å²) in [4.78, 5) is 3.79. The highest BCUT2D eigenvalue weighted by molar-refractivity contribution is 8.01. The maximum Gasteiger partial charge on any atom is 0.263 e. The Morgan fingerprint density at radius 1 is 1.40 bits per heavy atom. The van der Waals surface area contributed by atoms with Crippen molar-refractivity contribution < 1.29 is 16.8 Å². The third-order valence-electron chi connectivity index (χ3n) is 2.89. The average molecular weight is 337 g/mol. The van der Waals surface area contributed by atoms with Crippen LogP contribution >= 0.6 is 11.8 Å². The van der Waals surface area contributed by atoms with Crippen molar-refractivity contribution in [3.63, 3.8) is 0 Å². The largest absolute Gasteiger partial charge is 0.396 e. The molecule has 1 atom stereocenters. The summed E-state index contributed by atoms with van der Waals surface area (Å²) in [6.07, 6.45) is 2.35. The molecule has 1 aromatic heterocycles. The van der Waals surface area contributed by atoms with Crippen molar-refractivity contribution in [3.8, 4) is 0 Å². The summed E-state index contributed by atoms with van der Waals surface area (Å²) in [5.41, 5.74) is 5.66. The van der Waals surface area contributed by atoms with Crippen LogP contribution in [0.2, 0.25) is 0 Å². The molecule has 112 valence electrons. The molecule has 1 saturated heterocycles. The summed E-state index contributed by atoms with van der Waals surface area (Å²) in [5, 5.41) is -1.37. The molecule has 0 amide bonds. The van der Waals surface area contributed by atoms with Crippen LogP contribution in [-0.2, 0) is 19.9 Å². The van der Waals surface area contributed by atoms with E-state index >= 15 is 0 Å². The lowest BCUT2D eigenvalue weighted by atomic mass is 10.4. The number of sulfonamides is 1. The fraction of sp³-hybridized carbons (Fsp3) is 0.500. The van der Waals surface area contributed by atoms with Gasteiger partial charge in [0.05, 0.1) is 5.69 Å². The van der Waals surface area contributed by atoms with Gasteiger partial charge in [0.2, 0.25) is 0 Å². The predicted octanol–water partition coefficient (Wildman–Crippen LogP) is -0.228. The van der Waals surface area contributed by atoms with E-state index in [1.807, 2.05) is 0 Å². The zero-order chi connectivity index (χ0) is 15.0. The zero-order valence-corrected chi connectivity index (χ0v) is 13.2. The summed E-state index contributed by atoms with van der Waals surface area (Å²) in [5.74, 6) is 0.753. The fourth-order valence-corrected chi connectivity index (χ4v) is 7.11. The lowest BCUT2D eigenvalue weighted by Gasteiger charge is -2.32. The number of nitrogens with two attached hydrogens (primary N) is 1. The summed E-state index contributed by atoms with van der Waals surface area (Å²) in [6, 6.07) is 2.95. The molecule has 1 aromatic rings. The summed E-state index contributed by atoms with van der Waals surface area (Å²) < 4.78 is 49.7. The first-order valence-corrected chi connectivity index (χ1v) is 10.3. The number of hydrogen-bond acceptors (Lipinski definition) is 7. The zero-order valence-electron chi connectivity index (χ0n) is 10.8. The van der Waals surface area contributed by atoms with Crippen molar-refractivity contribution in [2.75, 3.05) is 30.0 Å². The topological polar surface area (TPSA) is 110 Å². The second kappa shape index (κ2) is 5.51. The van der Waals surface area contributed by atoms with Crippen molar-refractivity contribution in [3.05, 3.63) is 18.3 Å². The minimum absolute atomic E-state index is 0.0120. The molecule has 1 aliphatic rings. The van der Waals surface area contributed by atoms with Crippen LogP contribution in [0.25, 0.3) is 0 Å². The second-order valence-electron chi connectivity index (χ2n) is 4.37. The molecule has 2 heterocycles. The summed E-state index contributed by atoms with van der Waals surface area (Å²) >= 11 is 1.41. The molecule has 2 N–H and O–H groups in total. The lowest BCUT2D eigenvalue weighted by Crippen LogP contribution is -2.50. The van der Waals surface area contributed by atoms with E-state index in [0.717, 1.165) is 10.6 Å². The third-order valence-corrected chi connectivity index (χ3v) is 7.55. The van der Waals surface area contributed by atoms with Gasteiger partial charge in [0.15, 0.2) is 14.9 Å². The molecule has 10 heteroatoms. The number of anilines is 1. The Kier molecular flexibility index (Phi) is 4.28. The highest BCUT2D eigenvalue weighted by Gasteiger charge is 2.40. The van der Waals surface area contributed by atoms with Crippen LogP contribution in [0.4, 0.5) is 5.69 Å². The summed E-state index contributed by atoms with van der Waals surface area (Å²) in [7, 11) is -7.54. The van der Waals surface area contributed by atoms with E-state index in [1.165, 1.54) is 30.1 Å². The average Bonchev–Trinajstić information content (AvgIpc) is 2.38. The number of aromatic nitrogens is 1. The number of hydrogen-bond donors (Lipinski definition) is 1. The highest BCUT2D eigenvalue weighted by Crippen LogP contribution is 2.28. The first-order chi connectivity index (χ1) is 9.24. The van der Waals surface area contributed by atoms with Crippen LogP contribution in [0.1, 0.15) is 0 Å². The number of nitrogen functional groups attached to an aromatic ring is 1. The van der Waals surface area contributed by atoms with Crippen molar-refractivity contribution >= 4 is 37.3 Å². The van der Waals surface area contributed by atoms with Crippen LogP contribution in [0, 0.1) is 0 Å². The quantitative estimate of drug-likeness (QED) is 0.811. The Labute approximate surface area is 122 Å². The van der Waals surface area contributed by atoms with Gasteiger partial charge in [-0.3, -0.25) is 0 Å². The monoisotopic (exact) mass is 337 g/mol. The minimum Gasteiger partial charge on any atom is -0.396 e. The van der Waals surface area contributed by atoms with Gasteiger partial charge in [-0.1, -0.05) is 0 Å². The van der Waals surface area contributed by atoms with Gasteiger partial charge in [-0.25, -0.2) is 21.8 Å². The Bertz CT molecular complexity index is 702. The van der Waals surface area contributed by atoms with Crippen LogP contribution in [0.5, 0.6) is 0 Å². The minimum atomic E-state index is -4.02. The maximum atomic E-state index is 12.6. The molecule has 1 aliphatic heterocycles. The van der Waals surface area contributed by atoms with Crippen molar-refractivity contribution in [2.24, 2.45) is 0 Å². The molecule has 0 bridgehead atoms. The number of pyridine rings is 1. The van der Waals surface area contributed by atoms with Gasteiger partial charge >= 0.3 is 0 Å². The molecular weight excluding hydrogens is 322 g/mol. The van der Waals surface area contributed by atoms with Crippen LogP contribution in [-0.4, -0.2) is 55.8 Å². The van der Waals surface area contributed by atoms with E-state index in [-0.39, 0.29) is 23.0 Å². The Balaban J connectivity index is 2.50. The van der Waals surface area contributed by atoms with Gasteiger partial charge in [0.1, 0.15) is 5.37 Å². The van der Waals surface area contributed by atoms with Gasteiger partial charge in [0, 0.05) is 30.5 Å². The third kappa shape index (κ3) is 2.92. The molecule has 0 saturated carbocycles. The standard InChI is InChI=1S/C10H15N3O4S3/c1-19(14,15)9-7-18-6-5-13(9)20(16,17)10-8(11)3-2-4-12-10/h2-4,9H,5-7,11H2,1H3. The molecular formula is C10H15N3O4S3. The van der Waals surface area contributed by atoms with Gasteiger partial charge in [-0.15, -0.1) is 0 Å². The maximum absolute atomic E-state index is 12.6. The number of rotatable bonds is 3. The number of sulfone groups is 1. The summed E-state index contributed by atoms with van der Waals surface area (Å²) in [6.45, 7) is 0.126. The molecule has 0 aromatic carbocycles. The van der Waals surface area contributed by atoms with Gasteiger partial charge < -0.3 is 5.73 Å². The Morgan fingerprint density at radius 2 is 2.10 bits per heavy atom. The number of thioether (sulfide) groups is 1. The molecule has 1 unspecified atom stereocenters. The van der Waals surface area contributed by atoms with Crippen LogP contribution < -0.4 is 5.73 Å². The normalized spacial score (nSPS) is 21.8. The smallest absolute Gasteiger partial charge is 0.263 e. The van der Waals surface area contributed by atoms with E-state index in [4.69, 9.17) is 5.73 Å². The van der Waals surface area contributed by atoms with Gasteiger partial charge in [-0.2, -0.15) is 16.1 Å². The van der Waals surface area contributed by atoms with Crippen LogP contribution in [0.3, 0.4) is 0 Å². The molecule has 7 nitrogen and oxygen atoms in total. The first-order valence-electron chi connectivity index (χ1n) is 5.73. The molecule has 0 radical (unpaired) electrons. The van der Waals surface area contributed by atoms with E-state index in [0.29, 0.717) is 5.75 Å². The molecule has 0 spiro atoms. The lowest BCUT2D eigenvalue weighted by molar-refractivity contribution is 0.403. The molecule has 2 rings (SSSR count). The Morgan fingerprint density at radius 3 is 2.70 bits per heavy atom. The highest BCUT2D eigenvalue weighted by atomic mass is 32.2.